The Balaban J connectivity index is 2.54. The predicted octanol–water partition coefficient (Wildman–Crippen LogP) is 3.85. The van der Waals surface area contributed by atoms with Crippen LogP contribution in [0.2, 0.25) is 0 Å². The van der Waals surface area contributed by atoms with Crippen LogP contribution in [0.5, 0.6) is 0 Å². The Kier molecular flexibility index (Phi) is 7.83. The van der Waals surface area contributed by atoms with E-state index in [-0.39, 0.29) is 5.97 Å². The van der Waals surface area contributed by atoms with Crippen molar-refractivity contribution in [3.8, 4) is 0 Å². The number of carbonyl (C=O) groups excluding carboxylic acids is 1. The second kappa shape index (κ2) is 9.40. The van der Waals surface area contributed by atoms with Gasteiger partial charge in [0.15, 0.2) is 6.29 Å². The van der Waals surface area contributed by atoms with Crippen molar-refractivity contribution in [1.29, 1.82) is 0 Å². The SMILES string of the molecule is CCCCOC(C)OC(=O)c1ccc(N(CC)CC)cc1. The van der Waals surface area contributed by atoms with Gasteiger partial charge in [0.25, 0.3) is 0 Å². The zero-order valence-corrected chi connectivity index (χ0v) is 13.6. The molecule has 0 aliphatic carbocycles. The van der Waals surface area contributed by atoms with Crippen LogP contribution >= 0.6 is 0 Å². The molecule has 0 spiro atoms. The summed E-state index contributed by atoms with van der Waals surface area (Å²) in [5.41, 5.74) is 1.67. The fourth-order valence-corrected chi connectivity index (χ4v) is 2.04. The number of ether oxygens (including phenoxy) is 2. The summed E-state index contributed by atoms with van der Waals surface area (Å²) in [6.07, 6.45) is 1.53. The van der Waals surface area contributed by atoms with Gasteiger partial charge in [-0.25, -0.2) is 4.79 Å². The van der Waals surface area contributed by atoms with Crippen molar-refractivity contribution in [3.63, 3.8) is 0 Å². The van der Waals surface area contributed by atoms with E-state index in [9.17, 15) is 4.79 Å². The first kappa shape index (κ1) is 17.5. The van der Waals surface area contributed by atoms with Gasteiger partial charge in [0.05, 0.1) is 12.2 Å². The average molecular weight is 293 g/mol. The number of esters is 1. The van der Waals surface area contributed by atoms with Crippen LogP contribution in [0, 0.1) is 0 Å². The second-order valence-electron chi connectivity index (χ2n) is 4.92. The fraction of sp³-hybridized carbons (Fsp3) is 0.588. The summed E-state index contributed by atoms with van der Waals surface area (Å²) in [7, 11) is 0. The first-order valence-electron chi connectivity index (χ1n) is 7.79. The van der Waals surface area contributed by atoms with Crippen molar-refractivity contribution in [2.75, 3.05) is 24.6 Å². The Hall–Kier alpha value is -1.55. The molecule has 0 bridgehead atoms. The Morgan fingerprint density at radius 3 is 2.29 bits per heavy atom. The van der Waals surface area contributed by atoms with Crippen molar-refractivity contribution in [2.24, 2.45) is 0 Å². The number of benzene rings is 1. The molecule has 0 aromatic heterocycles. The number of nitrogens with zero attached hydrogens (tertiary/aromatic N) is 1. The number of unbranched alkanes of at least 4 members (excludes halogenated alkanes) is 1. The maximum atomic E-state index is 12.0. The molecule has 0 saturated carbocycles. The number of carbonyl (C=O) groups is 1. The Bertz CT molecular complexity index is 413. The standard InChI is InChI=1S/C17H27NO3/c1-5-8-13-20-14(4)21-17(19)15-9-11-16(12-10-15)18(6-2)7-3/h9-12,14H,5-8,13H2,1-4H3. The van der Waals surface area contributed by atoms with Crippen LogP contribution in [-0.4, -0.2) is 32.0 Å². The maximum Gasteiger partial charge on any atom is 0.340 e. The summed E-state index contributed by atoms with van der Waals surface area (Å²) in [5, 5.41) is 0. The molecule has 0 amide bonds. The molecule has 4 nitrogen and oxygen atoms in total. The Morgan fingerprint density at radius 2 is 1.76 bits per heavy atom. The van der Waals surface area contributed by atoms with E-state index in [1.807, 2.05) is 12.1 Å². The van der Waals surface area contributed by atoms with Crippen LogP contribution < -0.4 is 4.90 Å². The molecular weight excluding hydrogens is 266 g/mol. The van der Waals surface area contributed by atoms with E-state index in [1.54, 1.807) is 19.1 Å². The van der Waals surface area contributed by atoms with Crippen molar-refractivity contribution in [3.05, 3.63) is 29.8 Å². The molecule has 0 radical (unpaired) electrons. The highest BCUT2D eigenvalue weighted by Crippen LogP contribution is 2.16. The minimum Gasteiger partial charge on any atom is -0.432 e. The molecule has 0 aliphatic rings. The van der Waals surface area contributed by atoms with Crippen LogP contribution in [0.4, 0.5) is 5.69 Å². The summed E-state index contributed by atoms with van der Waals surface area (Å²) in [6, 6.07) is 7.50. The zero-order chi connectivity index (χ0) is 15.7. The zero-order valence-electron chi connectivity index (χ0n) is 13.6. The van der Waals surface area contributed by atoms with Gasteiger partial charge in [-0.05, 0) is 51.5 Å². The lowest BCUT2D eigenvalue weighted by Gasteiger charge is -2.21. The second-order valence-corrected chi connectivity index (χ2v) is 4.92. The minimum atomic E-state index is -0.508. The fourth-order valence-electron chi connectivity index (χ4n) is 2.04. The molecule has 21 heavy (non-hydrogen) atoms. The van der Waals surface area contributed by atoms with Gasteiger partial charge in [0.1, 0.15) is 0 Å². The number of hydrogen-bond donors (Lipinski definition) is 0. The van der Waals surface area contributed by atoms with Gasteiger partial charge in [-0.2, -0.15) is 0 Å². The van der Waals surface area contributed by atoms with E-state index in [0.29, 0.717) is 12.2 Å². The van der Waals surface area contributed by atoms with Crippen molar-refractivity contribution in [2.45, 2.75) is 46.8 Å². The largest absolute Gasteiger partial charge is 0.432 e. The summed E-state index contributed by atoms with van der Waals surface area (Å²) in [4.78, 5) is 14.2. The molecule has 1 aromatic rings. The van der Waals surface area contributed by atoms with E-state index in [4.69, 9.17) is 9.47 Å². The van der Waals surface area contributed by atoms with E-state index < -0.39 is 6.29 Å². The molecule has 0 heterocycles. The van der Waals surface area contributed by atoms with Crippen molar-refractivity contribution >= 4 is 11.7 Å². The van der Waals surface area contributed by atoms with Gasteiger partial charge in [0.2, 0.25) is 0 Å². The number of rotatable bonds is 9. The molecule has 1 aromatic carbocycles. The van der Waals surface area contributed by atoms with Gasteiger partial charge in [0, 0.05) is 18.8 Å². The lowest BCUT2D eigenvalue weighted by atomic mass is 10.2. The van der Waals surface area contributed by atoms with E-state index in [2.05, 4.69) is 25.7 Å². The monoisotopic (exact) mass is 293 g/mol. The number of anilines is 1. The highest BCUT2D eigenvalue weighted by molar-refractivity contribution is 5.89. The number of hydrogen-bond acceptors (Lipinski definition) is 4. The third kappa shape index (κ3) is 5.76. The topological polar surface area (TPSA) is 38.8 Å². The quantitative estimate of drug-likeness (QED) is 0.394. The van der Waals surface area contributed by atoms with E-state index >= 15 is 0 Å². The summed E-state index contributed by atoms with van der Waals surface area (Å²) >= 11 is 0. The molecule has 0 aliphatic heterocycles. The highest BCUT2D eigenvalue weighted by Gasteiger charge is 2.12. The third-order valence-corrected chi connectivity index (χ3v) is 3.36. The van der Waals surface area contributed by atoms with E-state index in [0.717, 1.165) is 31.6 Å². The smallest absolute Gasteiger partial charge is 0.340 e. The lowest BCUT2D eigenvalue weighted by Crippen LogP contribution is -2.22. The summed E-state index contributed by atoms with van der Waals surface area (Å²) in [5.74, 6) is -0.343. The Labute approximate surface area is 128 Å². The molecule has 0 saturated heterocycles. The summed E-state index contributed by atoms with van der Waals surface area (Å²) in [6.45, 7) is 10.6. The van der Waals surface area contributed by atoms with Gasteiger partial charge in [-0.15, -0.1) is 0 Å². The van der Waals surface area contributed by atoms with Crippen LogP contribution in [0.25, 0.3) is 0 Å². The molecule has 0 N–H and O–H groups in total. The van der Waals surface area contributed by atoms with Gasteiger partial charge in [-0.3, -0.25) is 0 Å². The molecular formula is C17H27NO3. The minimum absolute atomic E-state index is 0.343. The molecule has 1 atom stereocenters. The normalized spacial score (nSPS) is 12.0. The molecule has 0 fully saturated rings. The molecule has 118 valence electrons. The Morgan fingerprint density at radius 1 is 1.14 bits per heavy atom. The van der Waals surface area contributed by atoms with Gasteiger partial charge < -0.3 is 14.4 Å². The van der Waals surface area contributed by atoms with Gasteiger partial charge in [-0.1, -0.05) is 13.3 Å². The van der Waals surface area contributed by atoms with Crippen LogP contribution in [0.15, 0.2) is 24.3 Å². The van der Waals surface area contributed by atoms with Crippen LogP contribution in [-0.2, 0) is 9.47 Å². The van der Waals surface area contributed by atoms with Crippen molar-refractivity contribution in [1.82, 2.24) is 0 Å². The summed E-state index contributed by atoms with van der Waals surface area (Å²) < 4.78 is 10.7. The van der Waals surface area contributed by atoms with Crippen LogP contribution in [0.1, 0.15) is 50.9 Å². The maximum absolute atomic E-state index is 12.0. The molecule has 4 heteroatoms. The predicted molar refractivity (Wildman–Crippen MR) is 85.7 cm³/mol. The third-order valence-electron chi connectivity index (χ3n) is 3.36. The van der Waals surface area contributed by atoms with Crippen LogP contribution in [0.3, 0.4) is 0 Å². The molecule has 1 rings (SSSR count). The van der Waals surface area contributed by atoms with E-state index in [1.165, 1.54) is 0 Å². The lowest BCUT2D eigenvalue weighted by molar-refractivity contribution is -0.0985. The van der Waals surface area contributed by atoms with Crippen molar-refractivity contribution < 1.29 is 14.3 Å². The highest BCUT2D eigenvalue weighted by atomic mass is 16.7. The average Bonchev–Trinajstić information content (AvgIpc) is 2.49. The first-order chi connectivity index (χ1) is 10.1. The molecule has 1 unspecified atom stereocenters. The van der Waals surface area contributed by atoms with Gasteiger partial charge >= 0.3 is 5.97 Å². The first-order valence-corrected chi connectivity index (χ1v) is 7.79.